The Bertz CT molecular complexity index is 22.4. The van der Waals surface area contributed by atoms with E-state index in [9.17, 15) is 0 Å². The van der Waals surface area contributed by atoms with Crippen molar-refractivity contribution in [1.82, 2.24) is 0 Å². The molecule has 0 rings (SSSR count). The van der Waals surface area contributed by atoms with Crippen LogP contribution in [0.5, 0.6) is 0 Å². The zero-order valence-electron chi connectivity index (χ0n) is 3.95. The third-order valence-corrected chi connectivity index (χ3v) is 0. The summed E-state index contributed by atoms with van der Waals surface area (Å²) >= 11 is 0.556. The van der Waals surface area contributed by atoms with Crippen molar-refractivity contribution in [2.24, 2.45) is 0 Å². The quantitative estimate of drug-likeness (QED) is 0.425. The average molecular weight is 135 g/mol. The fourth-order valence-electron chi connectivity index (χ4n) is 0. The molecule has 0 aliphatic heterocycles. The van der Waals surface area contributed by atoms with E-state index in [2.05, 4.69) is 0 Å². The van der Waals surface area contributed by atoms with E-state index in [0.29, 0.717) is 16.5 Å². The molecule has 0 aromatic heterocycles. The second kappa shape index (κ2) is 1.31. The first-order valence-electron chi connectivity index (χ1n) is 1.72. The Hall–Kier alpha value is 0.503. The molecule has 32 valence electrons. The molecular formula is C3H10GeO. The summed E-state index contributed by atoms with van der Waals surface area (Å²) in [7, 11) is 0. The SMILES string of the molecule is C[C](C)(O)[GeH3]. The Labute approximate surface area is 40.6 Å². The van der Waals surface area contributed by atoms with Crippen LogP contribution < -0.4 is 0 Å². The maximum absolute atomic E-state index is 8.60. The van der Waals surface area contributed by atoms with Crippen LogP contribution in [0.2, 0.25) is 0 Å². The van der Waals surface area contributed by atoms with Crippen molar-refractivity contribution in [1.29, 1.82) is 0 Å². The summed E-state index contributed by atoms with van der Waals surface area (Å²) in [6.45, 7) is 3.65. The summed E-state index contributed by atoms with van der Waals surface area (Å²) in [4.78, 5) is 0. The van der Waals surface area contributed by atoms with Gasteiger partial charge in [-0.1, -0.05) is 0 Å². The van der Waals surface area contributed by atoms with Crippen LogP contribution in [0.4, 0.5) is 0 Å². The van der Waals surface area contributed by atoms with E-state index in [1.165, 1.54) is 0 Å². The van der Waals surface area contributed by atoms with E-state index < -0.39 is 0 Å². The molecule has 5 heavy (non-hydrogen) atoms. The molecule has 0 radical (unpaired) electrons. The Balaban J connectivity index is 3.02. The molecule has 0 heterocycles. The van der Waals surface area contributed by atoms with Gasteiger partial charge in [-0.3, -0.25) is 0 Å². The van der Waals surface area contributed by atoms with Crippen LogP contribution in [0.3, 0.4) is 0 Å². The van der Waals surface area contributed by atoms with Crippen LogP contribution in [0.15, 0.2) is 0 Å². The van der Waals surface area contributed by atoms with Crippen LogP contribution in [0.1, 0.15) is 13.8 Å². The zero-order valence-corrected chi connectivity index (χ0v) is 8.14. The second-order valence-corrected chi connectivity index (χ2v) is 7.31. The molecule has 0 bridgehead atoms. The van der Waals surface area contributed by atoms with Gasteiger partial charge in [-0.05, 0) is 0 Å². The van der Waals surface area contributed by atoms with Crippen LogP contribution in [0.25, 0.3) is 0 Å². The summed E-state index contributed by atoms with van der Waals surface area (Å²) in [6.07, 6.45) is 0. The van der Waals surface area contributed by atoms with Crippen molar-refractivity contribution in [2.75, 3.05) is 0 Å². The van der Waals surface area contributed by atoms with Crippen LogP contribution >= 0.6 is 0 Å². The Morgan fingerprint density at radius 2 is 1.60 bits per heavy atom. The number of aliphatic hydroxyl groups is 1. The molecule has 0 aromatic rings. The van der Waals surface area contributed by atoms with Gasteiger partial charge in [0.25, 0.3) is 0 Å². The van der Waals surface area contributed by atoms with Gasteiger partial charge < -0.3 is 0 Å². The van der Waals surface area contributed by atoms with E-state index in [-0.39, 0.29) is 4.43 Å². The molecule has 0 unspecified atom stereocenters. The molecule has 1 N–H and O–H groups in total. The van der Waals surface area contributed by atoms with Gasteiger partial charge in [-0.25, -0.2) is 0 Å². The van der Waals surface area contributed by atoms with Crippen molar-refractivity contribution < 1.29 is 5.11 Å². The van der Waals surface area contributed by atoms with Crippen LogP contribution in [-0.4, -0.2) is 26.1 Å². The zero-order chi connectivity index (χ0) is 4.50. The standard InChI is InChI=1S/C3H10GeO/c1-3(2,4)5/h5H,1-2,4H3. The Kier molecular flexibility index (Phi) is 1.44. The van der Waals surface area contributed by atoms with Gasteiger partial charge in [0, 0.05) is 0 Å². The van der Waals surface area contributed by atoms with Crippen LogP contribution in [0, 0.1) is 0 Å². The Morgan fingerprint density at radius 3 is 1.60 bits per heavy atom. The number of hydrogen-bond acceptors (Lipinski definition) is 1. The summed E-state index contributed by atoms with van der Waals surface area (Å²) in [6, 6.07) is 0. The molecule has 0 saturated heterocycles. The minimum atomic E-state index is -0.312. The first-order chi connectivity index (χ1) is 2.00. The third-order valence-electron chi connectivity index (χ3n) is 0. The summed E-state index contributed by atoms with van der Waals surface area (Å²) in [5, 5.41) is 8.60. The summed E-state index contributed by atoms with van der Waals surface area (Å²) < 4.78 is -0.312. The molecule has 0 saturated carbocycles. The van der Waals surface area contributed by atoms with Crippen molar-refractivity contribution in [3.8, 4) is 0 Å². The predicted octanol–water partition coefficient (Wildman–Crippen LogP) is -0.920. The monoisotopic (exact) mass is 136 g/mol. The van der Waals surface area contributed by atoms with Gasteiger partial charge in [0.2, 0.25) is 0 Å². The van der Waals surface area contributed by atoms with E-state index in [1.807, 2.05) is 13.8 Å². The van der Waals surface area contributed by atoms with Crippen LogP contribution in [-0.2, 0) is 0 Å². The summed E-state index contributed by atoms with van der Waals surface area (Å²) in [5.74, 6) is 0. The van der Waals surface area contributed by atoms with E-state index in [1.54, 1.807) is 0 Å². The topological polar surface area (TPSA) is 20.2 Å². The first-order valence-corrected chi connectivity index (χ1v) is 3.82. The number of rotatable bonds is 0. The average Bonchev–Trinajstić information content (AvgIpc) is 0.722. The van der Waals surface area contributed by atoms with E-state index in [4.69, 9.17) is 5.11 Å². The van der Waals surface area contributed by atoms with Crippen molar-refractivity contribution in [3.63, 3.8) is 0 Å². The molecule has 0 amide bonds. The predicted molar refractivity (Wildman–Crippen MR) is 26.2 cm³/mol. The molecule has 1 nitrogen and oxygen atoms in total. The van der Waals surface area contributed by atoms with Gasteiger partial charge in [-0.2, -0.15) is 0 Å². The van der Waals surface area contributed by atoms with Crippen molar-refractivity contribution in [2.45, 2.75) is 18.3 Å². The third kappa shape index (κ3) is 112. The molecular weight excluding hydrogens is 125 g/mol. The molecule has 0 aromatic carbocycles. The molecule has 0 fully saturated rings. The van der Waals surface area contributed by atoms with E-state index in [0.717, 1.165) is 0 Å². The maximum atomic E-state index is 8.60. The molecule has 2 heteroatoms. The fraction of sp³-hybridized carbons (Fsp3) is 1.00. The van der Waals surface area contributed by atoms with Crippen molar-refractivity contribution in [3.05, 3.63) is 0 Å². The fourth-order valence-corrected chi connectivity index (χ4v) is 0. The van der Waals surface area contributed by atoms with Gasteiger partial charge in [-0.15, -0.1) is 0 Å². The first kappa shape index (κ1) is 5.50. The molecule has 0 atom stereocenters. The number of hydrogen-bond donors (Lipinski definition) is 1. The normalized spacial score (nSPS) is 12.6. The summed E-state index contributed by atoms with van der Waals surface area (Å²) in [5.41, 5.74) is 0. The van der Waals surface area contributed by atoms with Gasteiger partial charge >= 0.3 is 39.9 Å². The minimum absolute atomic E-state index is 0.312. The molecule has 0 aliphatic rings. The van der Waals surface area contributed by atoms with Gasteiger partial charge in [0.15, 0.2) is 0 Å². The van der Waals surface area contributed by atoms with E-state index >= 15 is 0 Å². The Morgan fingerprint density at radius 1 is 1.60 bits per heavy atom. The van der Waals surface area contributed by atoms with Gasteiger partial charge in [0.1, 0.15) is 0 Å². The molecule has 0 spiro atoms. The molecule has 0 aliphatic carbocycles. The van der Waals surface area contributed by atoms with Crippen molar-refractivity contribution >= 4 is 16.5 Å². The van der Waals surface area contributed by atoms with Gasteiger partial charge in [0.05, 0.1) is 0 Å². The second-order valence-electron chi connectivity index (χ2n) is 2.17.